The number of hydrogen-bond acceptors (Lipinski definition) is 1. The van der Waals surface area contributed by atoms with Crippen molar-refractivity contribution in [3.63, 3.8) is 0 Å². The lowest BCUT2D eigenvalue weighted by Crippen LogP contribution is -2.75. The van der Waals surface area contributed by atoms with E-state index in [1.54, 1.807) is 6.92 Å². The van der Waals surface area contributed by atoms with Crippen LogP contribution in [0.2, 0.25) is 0 Å². The van der Waals surface area contributed by atoms with Gasteiger partial charge in [-0.05, 0) is 18.3 Å². The Bertz CT molecular complexity index is 324. The van der Waals surface area contributed by atoms with Gasteiger partial charge in [-0.3, -0.25) is 0 Å². The van der Waals surface area contributed by atoms with Crippen molar-refractivity contribution in [2.75, 3.05) is 4.43 Å². The van der Waals surface area contributed by atoms with E-state index in [2.05, 4.69) is 4.74 Å². The topological polar surface area (TPSA) is 9.23 Å². The number of alkyl halides is 7. The van der Waals surface area contributed by atoms with Gasteiger partial charge in [0.1, 0.15) is 0 Å². The second-order valence-corrected chi connectivity index (χ2v) is 5.85. The second kappa shape index (κ2) is 4.13. The predicted octanol–water partition coefficient (Wildman–Crippen LogP) is 3.96. The van der Waals surface area contributed by atoms with Crippen molar-refractivity contribution in [3.05, 3.63) is 0 Å². The zero-order valence-corrected chi connectivity index (χ0v) is 11.4. The predicted molar refractivity (Wildman–Crippen MR) is 59.4 cm³/mol. The molecule has 18 heavy (non-hydrogen) atoms. The number of hydrogen-bond donors (Lipinski definition) is 0. The Morgan fingerprint density at radius 2 is 1.67 bits per heavy atom. The Kier molecular flexibility index (Phi) is 3.37. The fraction of sp³-hybridized carbons (Fsp3) is 1.00. The maximum Gasteiger partial charge on any atom is 0.426 e. The van der Waals surface area contributed by atoms with Gasteiger partial charge in [-0.25, -0.2) is 0 Å². The quantitative estimate of drug-likeness (QED) is 0.376. The maximum atomic E-state index is 12.9. The highest BCUT2D eigenvalue weighted by molar-refractivity contribution is 14.1. The Hall–Kier alpha value is 0.270. The van der Waals surface area contributed by atoms with Crippen molar-refractivity contribution in [1.82, 2.24) is 0 Å². The normalized spacial score (nSPS) is 39.3. The van der Waals surface area contributed by atoms with Crippen LogP contribution in [-0.4, -0.2) is 28.5 Å². The summed E-state index contributed by atoms with van der Waals surface area (Å²) in [7, 11) is 0. The van der Waals surface area contributed by atoms with Gasteiger partial charge in [-0.1, -0.05) is 29.5 Å². The SMILES string of the molecule is C[C@@H]1C[C@H](CI)C2C1OC2(C(F)(F)F)C(F)(F)F. The van der Waals surface area contributed by atoms with Crippen molar-refractivity contribution in [3.8, 4) is 0 Å². The summed E-state index contributed by atoms with van der Waals surface area (Å²) < 4.78 is 81.9. The molecule has 4 atom stereocenters. The Morgan fingerprint density at radius 3 is 2.06 bits per heavy atom. The van der Waals surface area contributed by atoms with Gasteiger partial charge in [0.05, 0.1) is 6.10 Å². The molecule has 1 aliphatic carbocycles. The van der Waals surface area contributed by atoms with Gasteiger partial charge in [0, 0.05) is 10.3 Å². The van der Waals surface area contributed by atoms with E-state index in [9.17, 15) is 26.3 Å². The Morgan fingerprint density at radius 1 is 1.17 bits per heavy atom. The smallest absolute Gasteiger partial charge is 0.354 e. The lowest BCUT2D eigenvalue weighted by Gasteiger charge is -2.55. The minimum Gasteiger partial charge on any atom is -0.354 e. The first kappa shape index (κ1) is 14.7. The van der Waals surface area contributed by atoms with Crippen molar-refractivity contribution < 1.29 is 31.1 Å². The van der Waals surface area contributed by atoms with Crippen LogP contribution in [0.15, 0.2) is 0 Å². The van der Waals surface area contributed by atoms with Gasteiger partial charge in [0.15, 0.2) is 0 Å². The van der Waals surface area contributed by atoms with E-state index in [0.29, 0.717) is 6.42 Å². The summed E-state index contributed by atoms with van der Waals surface area (Å²) in [6.45, 7) is 1.64. The van der Waals surface area contributed by atoms with E-state index in [4.69, 9.17) is 0 Å². The molecule has 2 unspecified atom stereocenters. The number of rotatable bonds is 1. The van der Waals surface area contributed by atoms with Gasteiger partial charge in [0.25, 0.3) is 5.60 Å². The lowest BCUT2D eigenvalue weighted by molar-refractivity contribution is -0.466. The van der Waals surface area contributed by atoms with Crippen LogP contribution in [0.1, 0.15) is 13.3 Å². The minimum absolute atomic E-state index is 0.257. The molecular formula is C10H11F6IO. The molecule has 1 aliphatic heterocycles. The van der Waals surface area contributed by atoms with Gasteiger partial charge < -0.3 is 4.74 Å². The van der Waals surface area contributed by atoms with Crippen LogP contribution >= 0.6 is 22.6 Å². The largest absolute Gasteiger partial charge is 0.426 e. The Labute approximate surface area is 113 Å². The van der Waals surface area contributed by atoms with Crippen molar-refractivity contribution >= 4 is 22.6 Å². The third-order valence-corrected chi connectivity index (χ3v) is 5.06. The van der Waals surface area contributed by atoms with Crippen molar-refractivity contribution in [2.45, 2.75) is 37.4 Å². The van der Waals surface area contributed by atoms with Gasteiger partial charge >= 0.3 is 12.4 Å². The molecule has 2 aliphatic rings. The van der Waals surface area contributed by atoms with Crippen LogP contribution in [0.4, 0.5) is 26.3 Å². The third kappa shape index (κ3) is 1.70. The lowest BCUT2D eigenvalue weighted by atomic mass is 9.72. The van der Waals surface area contributed by atoms with Crippen molar-refractivity contribution in [2.24, 2.45) is 17.8 Å². The minimum atomic E-state index is -5.42. The fourth-order valence-electron chi connectivity index (χ4n) is 3.19. The first-order chi connectivity index (χ1) is 8.06. The van der Waals surface area contributed by atoms with Crippen LogP contribution in [0.25, 0.3) is 0 Å². The van der Waals surface area contributed by atoms with Crippen LogP contribution in [0.5, 0.6) is 0 Å². The van der Waals surface area contributed by atoms with Crippen LogP contribution in [0, 0.1) is 17.8 Å². The molecule has 2 rings (SSSR count). The van der Waals surface area contributed by atoms with E-state index in [1.807, 2.05) is 22.6 Å². The number of halogens is 7. The summed E-state index contributed by atoms with van der Waals surface area (Å²) in [5.41, 5.74) is -3.95. The molecule has 106 valence electrons. The monoisotopic (exact) mass is 388 g/mol. The highest BCUT2D eigenvalue weighted by Gasteiger charge is 2.85. The van der Waals surface area contributed by atoms with E-state index in [-0.39, 0.29) is 10.3 Å². The fourth-order valence-corrected chi connectivity index (χ4v) is 4.09. The van der Waals surface area contributed by atoms with E-state index in [0.717, 1.165) is 0 Å². The molecule has 1 heterocycles. The number of fused-ring (bicyclic) bond motifs is 1. The molecule has 1 saturated carbocycles. The molecular weight excluding hydrogens is 377 g/mol. The first-order valence-corrected chi connectivity index (χ1v) is 6.96. The highest BCUT2D eigenvalue weighted by atomic mass is 127. The second-order valence-electron chi connectivity index (χ2n) is 4.97. The Balaban J connectivity index is 2.41. The van der Waals surface area contributed by atoms with E-state index < -0.39 is 35.9 Å². The average molecular weight is 388 g/mol. The molecule has 0 aromatic rings. The highest BCUT2D eigenvalue weighted by Crippen LogP contribution is 2.65. The standard InChI is InChI=1S/C10H11F6IO/c1-4-2-5(3-17)6-7(4)18-8(6,9(11,12)13)10(14,15)16/h4-7H,2-3H2,1H3/t4-,5-,6?,7?/m1/s1. The molecule has 0 spiro atoms. The van der Waals surface area contributed by atoms with Crippen LogP contribution < -0.4 is 0 Å². The van der Waals surface area contributed by atoms with E-state index >= 15 is 0 Å². The summed E-state index contributed by atoms with van der Waals surface area (Å²) in [5.74, 6) is -2.35. The molecule has 2 fully saturated rings. The summed E-state index contributed by atoms with van der Waals surface area (Å²) in [5, 5.41) is 0. The molecule has 1 nitrogen and oxygen atoms in total. The summed E-state index contributed by atoms with van der Waals surface area (Å²) in [6.07, 6.45) is -11.4. The third-order valence-electron chi connectivity index (χ3n) is 3.93. The van der Waals surface area contributed by atoms with Gasteiger partial charge in [0.2, 0.25) is 0 Å². The molecule has 0 N–H and O–H groups in total. The van der Waals surface area contributed by atoms with E-state index in [1.165, 1.54) is 0 Å². The zero-order chi connectivity index (χ0) is 13.9. The van der Waals surface area contributed by atoms with Gasteiger partial charge in [-0.2, -0.15) is 26.3 Å². The molecule has 0 amide bonds. The average Bonchev–Trinajstić information content (AvgIpc) is 2.33. The molecule has 0 radical (unpaired) electrons. The molecule has 0 aromatic carbocycles. The van der Waals surface area contributed by atoms with Crippen LogP contribution in [-0.2, 0) is 4.74 Å². The van der Waals surface area contributed by atoms with Crippen LogP contribution in [0.3, 0.4) is 0 Å². The molecule has 0 aromatic heterocycles. The van der Waals surface area contributed by atoms with Crippen molar-refractivity contribution in [1.29, 1.82) is 0 Å². The van der Waals surface area contributed by atoms with Gasteiger partial charge in [-0.15, -0.1) is 0 Å². The summed E-state index contributed by atoms with van der Waals surface area (Å²) >= 11 is 1.84. The summed E-state index contributed by atoms with van der Waals surface area (Å²) in [6, 6.07) is 0. The molecule has 1 saturated heterocycles. The zero-order valence-electron chi connectivity index (χ0n) is 9.28. The first-order valence-electron chi connectivity index (χ1n) is 5.43. The molecule has 0 bridgehead atoms. The summed E-state index contributed by atoms with van der Waals surface area (Å²) in [4.78, 5) is 0. The number of ether oxygens (including phenoxy) is 1. The molecule has 8 heteroatoms. The maximum absolute atomic E-state index is 12.9.